The Labute approximate surface area is 127 Å². The first-order valence-corrected chi connectivity index (χ1v) is 6.97. The largest absolute Gasteiger partial charge is 0.387 e. The molecule has 8 heteroatoms. The van der Waals surface area contributed by atoms with E-state index in [1.165, 1.54) is 7.11 Å². The normalized spacial score (nSPS) is 37.9. The number of aliphatic hydroxyl groups is 1. The van der Waals surface area contributed by atoms with Crippen LogP contribution in [0.2, 0.25) is 0 Å². The molecule has 0 aromatic heterocycles. The van der Waals surface area contributed by atoms with Crippen molar-refractivity contribution in [1.82, 2.24) is 0 Å². The summed E-state index contributed by atoms with van der Waals surface area (Å²) in [6, 6.07) is 8.62. The quantitative estimate of drug-likeness (QED) is 0.517. The Morgan fingerprint density at radius 1 is 1.32 bits per heavy atom. The highest BCUT2D eigenvalue weighted by Crippen LogP contribution is 2.35. The molecule has 0 unspecified atom stereocenters. The Hall–Kier alpha value is -1.67. The Balaban J connectivity index is 1.82. The van der Waals surface area contributed by atoms with E-state index in [2.05, 4.69) is 10.0 Å². The van der Waals surface area contributed by atoms with Crippen LogP contribution in [-0.2, 0) is 18.9 Å². The summed E-state index contributed by atoms with van der Waals surface area (Å²) >= 11 is 0. The van der Waals surface area contributed by atoms with E-state index in [9.17, 15) is 5.11 Å². The molecule has 2 aliphatic heterocycles. The van der Waals surface area contributed by atoms with E-state index in [-0.39, 0.29) is 6.61 Å². The summed E-state index contributed by atoms with van der Waals surface area (Å²) in [6.07, 6.45) is -3.64. The monoisotopic (exact) mass is 307 g/mol. The highest BCUT2D eigenvalue weighted by atomic mass is 16.7. The van der Waals surface area contributed by atoms with Crippen molar-refractivity contribution in [3.05, 3.63) is 46.3 Å². The summed E-state index contributed by atoms with van der Waals surface area (Å²) in [7, 11) is 1.42. The smallest absolute Gasteiger partial charge is 0.184 e. The molecule has 1 aromatic rings. The Kier molecular flexibility index (Phi) is 4.58. The van der Waals surface area contributed by atoms with Crippen LogP contribution in [0.3, 0.4) is 0 Å². The molecule has 2 aliphatic rings. The number of ether oxygens (including phenoxy) is 4. The van der Waals surface area contributed by atoms with Gasteiger partial charge in [-0.1, -0.05) is 35.4 Å². The summed E-state index contributed by atoms with van der Waals surface area (Å²) < 4.78 is 22.2. The van der Waals surface area contributed by atoms with E-state index in [0.717, 1.165) is 5.56 Å². The maximum atomic E-state index is 10.2. The molecule has 2 heterocycles. The van der Waals surface area contributed by atoms with Gasteiger partial charge in [0.2, 0.25) is 0 Å². The third-order valence-electron chi connectivity index (χ3n) is 3.82. The maximum Gasteiger partial charge on any atom is 0.184 e. The predicted molar refractivity (Wildman–Crippen MR) is 74.6 cm³/mol. The molecule has 2 saturated heterocycles. The Morgan fingerprint density at radius 3 is 2.77 bits per heavy atom. The van der Waals surface area contributed by atoms with Crippen LogP contribution in [0, 0.1) is 0 Å². The fraction of sp³-hybridized carbons (Fsp3) is 0.571. The predicted octanol–water partition coefficient (Wildman–Crippen LogP) is 1.51. The number of rotatable bonds is 3. The molecule has 2 fully saturated rings. The first kappa shape index (κ1) is 15.2. The second kappa shape index (κ2) is 6.62. The van der Waals surface area contributed by atoms with Gasteiger partial charge in [-0.2, -0.15) is 0 Å². The summed E-state index contributed by atoms with van der Waals surface area (Å²) in [6.45, 7) is 0.258. The van der Waals surface area contributed by atoms with E-state index in [0.29, 0.717) is 0 Å². The average Bonchev–Trinajstić information content (AvgIpc) is 2.57. The van der Waals surface area contributed by atoms with Gasteiger partial charge in [0.25, 0.3) is 0 Å². The number of azide groups is 1. The van der Waals surface area contributed by atoms with E-state index < -0.39 is 36.9 Å². The van der Waals surface area contributed by atoms with E-state index in [4.69, 9.17) is 24.5 Å². The summed E-state index contributed by atoms with van der Waals surface area (Å²) in [5, 5.41) is 13.9. The van der Waals surface area contributed by atoms with Crippen LogP contribution < -0.4 is 0 Å². The van der Waals surface area contributed by atoms with Crippen molar-refractivity contribution in [1.29, 1.82) is 0 Å². The molecular formula is C14H17N3O5. The molecule has 6 atom stereocenters. The second-order valence-electron chi connectivity index (χ2n) is 5.14. The zero-order valence-corrected chi connectivity index (χ0v) is 12.0. The van der Waals surface area contributed by atoms with Crippen molar-refractivity contribution in [2.24, 2.45) is 5.11 Å². The van der Waals surface area contributed by atoms with Crippen LogP contribution in [0.1, 0.15) is 11.9 Å². The molecule has 1 aromatic carbocycles. The fourth-order valence-electron chi connectivity index (χ4n) is 2.75. The highest BCUT2D eigenvalue weighted by Gasteiger charge is 2.49. The Bertz CT molecular complexity index is 551. The fourth-order valence-corrected chi connectivity index (χ4v) is 2.75. The van der Waals surface area contributed by atoms with Gasteiger partial charge in [-0.05, 0) is 5.53 Å². The molecule has 3 rings (SSSR count). The molecule has 0 bridgehead atoms. The number of nitrogens with zero attached hydrogens (tertiary/aromatic N) is 3. The number of hydrogen-bond donors (Lipinski definition) is 1. The van der Waals surface area contributed by atoms with Gasteiger partial charge in [0, 0.05) is 17.6 Å². The van der Waals surface area contributed by atoms with Crippen LogP contribution in [0.5, 0.6) is 0 Å². The van der Waals surface area contributed by atoms with Crippen LogP contribution in [0.4, 0.5) is 0 Å². The lowest BCUT2D eigenvalue weighted by Gasteiger charge is -2.46. The van der Waals surface area contributed by atoms with Gasteiger partial charge in [0.05, 0.1) is 12.6 Å². The molecule has 0 spiro atoms. The van der Waals surface area contributed by atoms with Crippen LogP contribution >= 0.6 is 0 Å². The number of hydrogen-bond acceptors (Lipinski definition) is 6. The van der Waals surface area contributed by atoms with Gasteiger partial charge in [-0.15, -0.1) is 0 Å². The molecule has 22 heavy (non-hydrogen) atoms. The van der Waals surface area contributed by atoms with Gasteiger partial charge in [-0.3, -0.25) is 0 Å². The van der Waals surface area contributed by atoms with Gasteiger partial charge in [-0.25, -0.2) is 0 Å². The van der Waals surface area contributed by atoms with Crippen molar-refractivity contribution in [3.63, 3.8) is 0 Å². The van der Waals surface area contributed by atoms with E-state index in [1.54, 1.807) is 0 Å². The summed E-state index contributed by atoms with van der Waals surface area (Å²) in [5.74, 6) is 0. The average molecular weight is 307 g/mol. The molecule has 1 N–H and O–H groups in total. The number of aliphatic hydroxyl groups excluding tert-OH is 1. The first-order chi connectivity index (χ1) is 10.7. The minimum atomic E-state index is -1.10. The van der Waals surface area contributed by atoms with E-state index in [1.807, 2.05) is 30.3 Å². The van der Waals surface area contributed by atoms with Gasteiger partial charge >= 0.3 is 0 Å². The number of fused-ring (bicyclic) bond motifs is 1. The molecule has 0 radical (unpaired) electrons. The van der Waals surface area contributed by atoms with E-state index >= 15 is 0 Å². The maximum absolute atomic E-state index is 10.2. The Morgan fingerprint density at radius 2 is 2.09 bits per heavy atom. The number of methoxy groups -OCH3 is 1. The van der Waals surface area contributed by atoms with Gasteiger partial charge in [0.1, 0.15) is 18.3 Å². The molecule has 0 aliphatic carbocycles. The molecular weight excluding hydrogens is 290 g/mol. The zero-order chi connectivity index (χ0) is 15.5. The molecule has 0 saturated carbocycles. The highest BCUT2D eigenvalue weighted by molar-refractivity contribution is 5.16. The van der Waals surface area contributed by atoms with Crippen LogP contribution in [-0.4, -0.2) is 49.5 Å². The molecule has 0 amide bonds. The first-order valence-electron chi connectivity index (χ1n) is 6.97. The third kappa shape index (κ3) is 2.80. The summed E-state index contributed by atoms with van der Waals surface area (Å²) in [5.41, 5.74) is 9.60. The lowest BCUT2D eigenvalue weighted by atomic mass is 9.96. The second-order valence-corrected chi connectivity index (χ2v) is 5.14. The van der Waals surface area contributed by atoms with Gasteiger partial charge in [0.15, 0.2) is 12.6 Å². The van der Waals surface area contributed by atoms with Crippen LogP contribution in [0.25, 0.3) is 10.4 Å². The van der Waals surface area contributed by atoms with Crippen molar-refractivity contribution in [2.75, 3.05) is 13.7 Å². The minimum Gasteiger partial charge on any atom is -0.387 e. The molecule has 8 nitrogen and oxygen atoms in total. The third-order valence-corrected chi connectivity index (χ3v) is 3.82. The minimum absolute atomic E-state index is 0.258. The molecule has 118 valence electrons. The zero-order valence-electron chi connectivity index (χ0n) is 12.0. The lowest BCUT2D eigenvalue weighted by Crippen LogP contribution is -2.61. The topological polar surface area (TPSA) is 106 Å². The van der Waals surface area contributed by atoms with Crippen molar-refractivity contribution in [2.45, 2.75) is 36.9 Å². The van der Waals surface area contributed by atoms with Crippen LogP contribution in [0.15, 0.2) is 35.4 Å². The lowest BCUT2D eigenvalue weighted by molar-refractivity contribution is -0.337. The summed E-state index contributed by atoms with van der Waals surface area (Å²) in [4.78, 5) is 2.80. The number of benzene rings is 1. The standard InChI is InChI=1S/C14H17N3O5/c1-19-14-11(18)10(16-17-15)12-9(21-14)7-20-13(22-12)8-5-3-2-4-6-8/h2-6,9-14,18H,7H2,1H3/t9-,10+,11-,12-,13-,14-/m1/s1. The van der Waals surface area contributed by atoms with Crippen molar-refractivity contribution in [3.8, 4) is 0 Å². The van der Waals surface area contributed by atoms with Gasteiger partial charge < -0.3 is 24.1 Å². The SMILES string of the molecule is CO[C@@H]1O[C@@H]2CO[C@@H](c3ccccc3)O[C@H]2[C@@H](N=[N+]=[N-])[C@H]1O. The van der Waals surface area contributed by atoms with Crippen molar-refractivity contribution < 1.29 is 24.1 Å². The van der Waals surface area contributed by atoms with Crippen molar-refractivity contribution >= 4 is 0 Å².